The lowest BCUT2D eigenvalue weighted by Crippen LogP contribution is -2.14. The van der Waals surface area contributed by atoms with Crippen molar-refractivity contribution in [3.8, 4) is 100 Å². The van der Waals surface area contributed by atoms with Crippen LogP contribution in [0, 0.1) is 196 Å². The number of rotatable bonds is 9. The Labute approximate surface area is 495 Å². The number of aromatic nitrogens is 3. The molecular formula is C60H15F30N3. The molecule has 10 rings (SSSR count). The summed E-state index contributed by atoms with van der Waals surface area (Å²) in [6.07, 6.45) is 0. The standard InChI is InChI=1S/C60H15F30N3/c1-10-19(25-40(70)52(82)31(53(83)41(25)71)28-46(76)34(64)22(35(65)47(28)77)13-4-7-16(61)91-58(13)88)11(2)21(27-44(74)56(86)33(57(87)45(27)75)30-50(80)38(68)24(39(69)51(30)81)15-6-9-18(63)93-60(15)90)12(3)20(10)26-42(72)54(84)32(55(85)43(26)73)29-48(78)36(66)23(37(67)49(29)79)14-5-8-17(62)92-59(14)89/h4-9H,1-3H3. The first-order valence-electron chi connectivity index (χ1n) is 24.7. The minimum Gasteiger partial charge on any atom is -0.203 e. The molecule has 33 heteroatoms. The molecule has 3 nitrogen and oxygen atoms in total. The molecule has 7 aromatic carbocycles. The van der Waals surface area contributed by atoms with Gasteiger partial charge in [-0.15, -0.1) is 0 Å². The van der Waals surface area contributed by atoms with E-state index in [1.165, 1.54) is 0 Å². The number of nitrogens with zero attached hydrogens (tertiary/aromatic N) is 3. The Balaban J connectivity index is 1.29. The average Bonchev–Trinajstić information content (AvgIpc) is 0.718. The van der Waals surface area contributed by atoms with E-state index in [0.717, 1.165) is 0 Å². The Kier molecular flexibility index (Phi) is 16.4. The maximum atomic E-state index is 17.0. The molecular weight excluding hydrogens is 1330 g/mol. The Hall–Kier alpha value is -10.1. The minimum absolute atomic E-state index is 0.118. The summed E-state index contributed by atoms with van der Waals surface area (Å²) in [5.74, 6) is -85.8. The summed E-state index contributed by atoms with van der Waals surface area (Å²) in [5.41, 5.74) is -46.6. The van der Waals surface area contributed by atoms with Crippen LogP contribution in [0.1, 0.15) is 16.7 Å². The second-order valence-electron chi connectivity index (χ2n) is 19.5. The second-order valence-corrected chi connectivity index (χ2v) is 19.5. The molecule has 93 heavy (non-hydrogen) atoms. The van der Waals surface area contributed by atoms with E-state index >= 15 is 105 Å². The van der Waals surface area contributed by atoms with Gasteiger partial charge in [0.2, 0.25) is 35.7 Å². The highest BCUT2D eigenvalue weighted by Crippen LogP contribution is 2.53. The van der Waals surface area contributed by atoms with Crippen LogP contribution in [0.5, 0.6) is 0 Å². The van der Waals surface area contributed by atoms with Gasteiger partial charge >= 0.3 is 0 Å². The van der Waals surface area contributed by atoms with E-state index in [0.29, 0.717) is 0 Å². The third kappa shape index (κ3) is 9.64. The summed E-state index contributed by atoms with van der Waals surface area (Å²) in [6.45, 7) is 0.671. The summed E-state index contributed by atoms with van der Waals surface area (Å²) in [5, 5.41) is 0. The lowest BCUT2D eigenvalue weighted by atomic mass is 9.79. The molecule has 0 fully saturated rings. The molecule has 0 amide bonds. The fourth-order valence-electron chi connectivity index (χ4n) is 10.6. The summed E-state index contributed by atoms with van der Waals surface area (Å²) >= 11 is 0. The van der Waals surface area contributed by atoms with Gasteiger partial charge in [-0.2, -0.15) is 41.3 Å². The van der Waals surface area contributed by atoms with E-state index in [1.807, 2.05) is 0 Å². The number of benzene rings is 7. The molecule has 0 aliphatic rings. The van der Waals surface area contributed by atoms with E-state index in [4.69, 9.17) is 0 Å². The molecule has 0 radical (unpaired) electrons. The van der Waals surface area contributed by atoms with Crippen molar-refractivity contribution in [2.24, 2.45) is 0 Å². The fraction of sp³-hybridized carbons (Fsp3) is 0.0500. The van der Waals surface area contributed by atoms with Gasteiger partial charge in [0.25, 0.3) is 0 Å². The predicted octanol–water partition coefficient (Wildman–Crippen LogP) is 20.0. The molecule has 0 atom stereocenters. The molecule has 0 aliphatic heterocycles. The van der Waals surface area contributed by atoms with Crippen LogP contribution in [0.25, 0.3) is 100 Å². The molecule has 480 valence electrons. The van der Waals surface area contributed by atoms with Gasteiger partial charge in [0.05, 0.1) is 66.8 Å². The molecule has 0 unspecified atom stereocenters. The molecule has 10 aromatic rings. The molecule has 0 saturated carbocycles. The predicted molar refractivity (Wildman–Crippen MR) is 262 cm³/mol. The topological polar surface area (TPSA) is 38.7 Å². The number of hydrogen-bond donors (Lipinski definition) is 0. The van der Waals surface area contributed by atoms with Crippen LogP contribution in [0.4, 0.5) is 132 Å². The van der Waals surface area contributed by atoms with Gasteiger partial charge in [0.1, 0.15) is 0 Å². The van der Waals surface area contributed by atoms with Gasteiger partial charge in [0.15, 0.2) is 140 Å². The summed E-state index contributed by atoms with van der Waals surface area (Å²) in [4.78, 5) is 7.57. The molecule has 3 heterocycles. The highest BCUT2D eigenvalue weighted by molar-refractivity contribution is 5.94. The molecule has 0 aliphatic carbocycles. The van der Waals surface area contributed by atoms with Crippen LogP contribution in [0.2, 0.25) is 0 Å². The SMILES string of the molecule is Cc1c(-c2c(F)c(F)c(-c3c(F)c(F)c(-c4ccc(F)nc4F)c(F)c3F)c(F)c2F)c(C)c(-c2c(F)c(F)c(-c3c(F)c(F)c(-c4ccc(F)nc4F)c(F)c3F)c(F)c2F)c(C)c1-c1c(F)c(F)c(-c2c(F)c(F)c(-c3ccc(F)nc3F)c(F)c2F)c(F)c1F. The largest absolute Gasteiger partial charge is 0.223 e. The third-order valence-corrected chi connectivity index (χ3v) is 14.6. The van der Waals surface area contributed by atoms with Crippen molar-refractivity contribution < 1.29 is 132 Å². The van der Waals surface area contributed by atoms with Gasteiger partial charge in [0, 0.05) is 16.7 Å². The third-order valence-electron chi connectivity index (χ3n) is 14.6. The van der Waals surface area contributed by atoms with E-state index < -0.39 is 292 Å². The van der Waals surface area contributed by atoms with Gasteiger partial charge in [-0.1, -0.05) is 0 Å². The van der Waals surface area contributed by atoms with Gasteiger partial charge < -0.3 is 0 Å². The van der Waals surface area contributed by atoms with Crippen molar-refractivity contribution in [2.75, 3.05) is 0 Å². The quantitative estimate of drug-likeness (QED) is 0.0821. The Morgan fingerprint density at radius 3 is 0.409 bits per heavy atom. The first-order chi connectivity index (χ1) is 43.5. The maximum absolute atomic E-state index is 17.0. The van der Waals surface area contributed by atoms with Crippen LogP contribution >= 0.6 is 0 Å². The van der Waals surface area contributed by atoms with Crippen molar-refractivity contribution in [1.82, 2.24) is 15.0 Å². The zero-order valence-corrected chi connectivity index (χ0v) is 44.6. The van der Waals surface area contributed by atoms with Crippen LogP contribution < -0.4 is 0 Å². The van der Waals surface area contributed by atoms with Gasteiger partial charge in [-0.05, 0) is 90.6 Å². The zero-order chi connectivity index (χ0) is 68.8. The number of hydrogen-bond acceptors (Lipinski definition) is 3. The monoisotopic (exact) mass is 1350 g/mol. The summed E-state index contributed by atoms with van der Waals surface area (Å²) < 4.78 is 475. The molecule has 0 spiro atoms. The highest BCUT2D eigenvalue weighted by atomic mass is 19.2. The Bertz CT molecular complexity index is 4340. The first-order valence-corrected chi connectivity index (χ1v) is 24.7. The fourth-order valence-corrected chi connectivity index (χ4v) is 10.6. The van der Waals surface area contributed by atoms with Crippen molar-refractivity contribution in [2.45, 2.75) is 20.8 Å². The van der Waals surface area contributed by atoms with Crippen LogP contribution in [-0.2, 0) is 0 Å². The van der Waals surface area contributed by atoms with E-state index in [1.54, 1.807) is 0 Å². The second kappa shape index (κ2) is 23.2. The van der Waals surface area contributed by atoms with Gasteiger partial charge in [-0.25, -0.2) is 105 Å². The highest BCUT2D eigenvalue weighted by Gasteiger charge is 2.43. The summed E-state index contributed by atoms with van der Waals surface area (Å²) in [6, 6.07) is 0.835. The normalized spacial score (nSPS) is 11.7. The van der Waals surface area contributed by atoms with Crippen molar-refractivity contribution >= 4 is 0 Å². The molecule has 3 aromatic heterocycles. The Morgan fingerprint density at radius 2 is 0.280 bits per heavy atom. The molecule has 0 saturated heterocycles. The lowest BCUT2D eigenvalue weighted by Gasteiger charge is -2.26. The number of halogens is 30. The van der Waals surface area contributed by atoms with Crippen molar-refractivity contribution in [3.63, 3.8) is 0 Å². The molecule has 0 bridgehead atoms. The lowest BCUT2D eigenvalue weighted by molar-refractivity contribution is 0.444. The summed E-state index contributed by atoms with van der Waals surface area (Å²) in [7, 11) is 0. The van der Waals surface area contributed by atoms with Crippen LogP contribution in [-0.4, -0.2) is 15.0 Å². The van der Waals surface area contributed by atoms with E-state index in [2.05, 4.69) is 15.0 Å². The van der Waals surface area contributed by atoms with Crippen LogP contribution in [0.15, 0.2) is 36.4 Å². The minimum atomic E-state index is -3.25. The number of pyridine rings is 3. The van der Waals surface area contributed by atoms with Crippen LogP contribution in [0.3, 0.4) is 0 Å². The smallest absolute Gasteiger partial charge is 0.203 e. The maximum Gasteiger partial charge on any atom is 0.223 e. The molecule has 0 N–H and O–H groups in total. The van der Waals surface area contributed by atoms with E-state index in [9.17, 15) is 26.3 Å². The zero-order valence-electron chi connectivity index (χ0n) is 44.6. The Morgan fingerprint density at radius 1 is 0.161 bits per heavy atom. The first kappa shape index (κ1) is 65.8. The van der Waals surface area contributed by atoms with E-state index in [-0.39, 0.29) is 57.2 Å². The van der Waals surface area contributed by atoms with Crippen molar-refractivity contribution in [1.29, 1.82) is 0 Å². The van der Waals surface area contributed by atoms with Gasteiger partial charge in [-0.3, -0.25) is 0 Å². The average molecular weight is 1350 g/mol. The van der Waals surface area contributed by atoms with Crippen molar-refractivity contribution in [3.05, 3.63) is 228 Å².